The van der Waals surface area contributed by atoms with Crippen LogP contribution in [0.5, 0.6) is 5.75 Å². The number of hydrogen-bond donors (Lipinski definition) is 2. The average molecular weight is 496 g/mol. The maximum Gasteiger partial charge on any atom is 0.290 e. The highest BCUT2D eigenvalue weighted by Crippen LogP contribution is 2.42. The van der Waals surface area contributed by atoms with Gasteiger partial charge in [-0.05, 0) is 78.4 Å². The van der Waals surface area contributed by atoms with Crippen LogP contribution in [-0.2, 0) is 17.6 Å². The molecule has 7 heteroatoms. The van der Waals surface area contributed by atoms with E-state index in [0.29, 0.717) is 0 Å². The van der Waals surface area contributed by atoms with Crippen molar-refractivity contribution in [1.29, 1.82) is 0 Å². The van der Waals surface area contributed by atoms with E-state index >= 15 is 0 Å². The summed E-state index contributed by atoms with van der Waals surface area (Å²) < 4.78 is 28.5. The Labute approximate surface area is 209 Å². The van der Waals surface area contributed by atoms with E-state index < -0.39 is 12.0 Å². The first kappa shape index (κ1) is 27.0. The molecule has 0 radical (unpaired) electrons. The minimum atomic E-state index is -2.65. The van der Waals surface area contributed by atoms with Crippen molar-refractivity contribution in [3.63, 3.8) is 0 Å². The van der Waals surface area contributed by atoms with Gasteiger partial charge in [0.1, 0.15) is 11.4 Å². The van der Waals surface area contributed by atoms with Crippen LogP contribution >= 0.6 is 0 Å². The molecular formula is C29H31F2NO4. The Morgan fingerprint density at radius 1 is 1.17 bits per heavy atom. The number of rotatable bonds is 3. The molecule has 0 unspecified atom stereocenters. The van der Waals surface area contributed by atoms with Gasteiger partial charge in [-0.2, -0.15) is 0 Å². The van der Waals surface area contributed by atoms with Crippen LogP contribution in [0.25, 0.3) is 32.8 Å². The summed E-state index contributed by atoms with van der Waals surface area (Å²) in [5.74, 6) is 0.966. The van der Waals surface area contributed by atoms with E-state index in [2.05, 4.69) is 62.4 Å². The quantitative estimate of drug-likeness (QED) is 0.314. The zero-order valence-electron chi connectivity index (χ0n) is 20.9. The molecule has 2 N–H and O–H groups in total. The van der Waals surface area contributed by atoms with E-state index in [1.807, 2.05) is 6.20 Å². The van der Waals surface area contributed by atoms with Gasteiger partial charge in [0.05, 0.1) is 12.1 Å². The van der Waals surface area contributed by atoms with Crippen molar-refractivity contribution < 1.29 is 28.5 Å². The molecule has 3 aromatic carbocycles. The highest BCUT2D eigenvalue weighted by Gasteiger charge is 2.25. The van der Waals surface area contributed by atoms with E-state index in [1.165, 1.54) is 44.0 Å². The van der Waals surface area contributed by atoms with E-state index in [9.17, 15) is 8.78 Å². The molecule has 0 saturated heterocycles. The lowest BCUT2D eigenvalue weighted by Gasteiger charge is -2.21. The summed E-state index contributed by atoms with van der Waals surface area (Å²) >= 11 is 0. The first-order valence-corrected chi connectivity index (χ1v) is 11.8. The Hall–Kier alpha value is -3.58. The van der Waals surface area contributed by atoms with E-state index in [4.69, 9.17) is 24.7 Å². The van der Waals surface area contributed by atoms with E-state index in [-0.39, 0.29) is 6.47 Å². The topological polar surface area (TPSA) is 79.7 Å². The summed E-state index contributed by atoms with van der Waals surface area (Å²) in [5.41, 5.74) is 5.86. The molecule has 0 fully saturated rings. The lowest BCUT2D eigenvalue weighted by atomic mass is 9.87. The summed E-state index contributed by atoms with van der Waals surface area (Å²) in [5, 5.41) is 19.0. The molecule has 1 aromatic heterocycles. The largest absolute Gasteiger partial charge is 0.493 e. The summed E-state index contributed by atoms with van der Waals surface area (Å²) in [7, 11) is 0. The van der Waals surface area contributed by atoms with Gasteiger partial charge in [0.25, 0.3) is 12.9 Å². The predicted molar refractivity (Wildman–Crippen MR) is 139 cm³/mol. The van der Waals surface area contributed by atoms with E-state index in [0.717, 1.165) is 44.6 Å². The number of fused-ring (bicyclic) bond motifs is 1. The van der Waals surface area contributed by atoms with E-state index in [1.54, 1.807) is 0 Å². The highest BCUT2D eigenvalue weighted by molar-refractivity contribution is 6.07. The van der Waals surface area contributed by atoms with Crippen LogP contribution in [-0.4, -0.2) is 40.3 Å². The third-order valence-corrected chi connectivity index (χ3v) is 6.11. The van der Waals surface area contributed by atoms with Gasteiger partial charge in [-0.3, -0.25) is 9.78 Å². The van der Waals surface area contributed by atoms with Gasteiger partial charge in [-0.25, -0.2) is 8.78 Å². The highest BCUT2D eigenvalue weighted by atomic mass is 19.3. The molecule has 0 aliphatic carbocycles. The zero-order valence-corrected chi connectivity index (χ0v) is 20.9. The number of nitrogens with zero attached hydrogens (tertiary/aromatic N) is 1. The van der Waals surface area contributed by atoms with Crippen molar-refractivity contribution in [3.05, 3.63) is 71.4 Å². The predicted octanol–water partition coefficient (Wildman–Crippen LogP) is 6.58. The van der Waals surface area contributed by atoms with Crippen LogP contribution in [0.2, 0.25) is 0 Å². The molecule has 5 rings (SSSR count). The van der Waals surface area contributed by atoms with Crippen LogP contribution in [0.3, 0.4) is 0 Å². The summed E-state index contributed by atoms with van der Waals surface area (Å²) in [6.07, 6.45) is 1.25. The lowest BCUT2D eigenvalue weighted by Crippen LogP contribution is -2.28. The molecule has 0 amide bonds. The minimum absolute atomic E-state index is 0.250. The second-order valence-electron chi connectivity index (χ2n) is 9.08. The molecule has 1 aliphatic rings. The number of alkyl halides is 2. The minimum Gasteiger partial charge on any atom is -0.493 e. The number of carbonyl (C=O) groups is 1. The number of carboxylic acid groups (broad SMARTS) is 1. The third-order valence-electron chi connectivity index (χ3n) is 6.11. The molecule has 0 spiro atoms. The summed E-state index contributed by atoms with van der Waals surface area (Å²) in [6.45, 7) is 7.09. The molecule has 0 bridgehead atoms. The number of aromatic nitrogens is 1. The molecule has 5 nitrogen and oxygen atoms in total. The fraction of sp³-hybridized carbons (Fsp3) is 0.310. The summed E-state index contributed by atoms with van der Waals surface area (Å²) in [6, 6.07) is 17.4. The second kappa shape index (κ2) is 11.4. The first-order valence-electron chi connectivity index (χ1n) is 11.8. The molecule has 0 atom stereocenters. The molecule has 2 heterocycles. The molecule has 0 saturated carbocycles. The van der Waals surface area contributed by atoms with Crippen LogP contribution in [0.4, 0.5) is 8.78 Å². The second-order valence-corrected chi connectivity index (χ2v) is 9.08. The Morgan fingerprint density at radius 2 is 1.83 bits per heavy atom. The van der Waals surface area contributed by atoms with Crippen LogP contribution in [0, 0.1) is 6.92 Å². The van der Waals surface area contributed by atoms with Crippen molar-refractivity contribution in [1.82, 2.24) is 4.98 Å². The number of hydrogen-bond acceptors (Lipinski definition) is 4. The Kier molecular flexibility index (Phi) is 8.58. The van der Waals surface area contributed by atoms with Crippen LogP contribution < -0.4 is 4.74 Å². The number of benzene rings is 3. The van der Waals surface area contributed by atoms with Crippen LogP contribution in [0.1, 0.15) is 37.5 Å². The zero-order chi connectivity index (χ0) is 26.5. The van der Waals surface area contributed by atoms with Gasteiger partial charge in [-0.1, -0.05) is 37.3 Å². The number of aliphatic hydroxyl groups is 1. The van der Waals surface area contributed by atoms with Gasteiger partial charge in [0.2, 0.25) is 0 Å². The number of pyridine rings is 1. The third kappa shape index (κ3) is 5.62. The fourth-order valence-corrected chi connectivity index (χ4v) is 4.40. The van der Waals surface area contributed by atoms with Gasteiger partial charge in [0.15, 0.2) is 0 Å². The molecule has 36 heavy (non-hydrogen) atoms. The van der Waals surface area contributed by atoms with Gasteiger partial charge in [0, 0.05) is 23.6 Å². The number of aryl methyl sites for hydroxylation is 1. The van der Waals surface area contributed by atoms with Crippen molar-refractivity contribution in [3.8, 4) is 16.9 Å². The number of ether oxygens (including phenoxy) is 1. The number of halogens is 2. The maximum atomic E-state index is 11.3. The van der Waals surface area contributed by atoms with Gasteiger partial charge < -0.3 is 14.9 Å². The monoisotopic (exact) mass is 495 g/mol. The van der Waals surface area contributed by atoms with Crippen molar-refractivity contribution in [2.45, 2.75) is 52.6 Å². The SMILES string of the molecule is CC(C)(O)C(F)F.CCc1c(C)cc2ccccc2c1-c1ccc2c3c(ccnc13)CCO2.O=CO. The maximum absolute atomic E-state index is 11.3. The van der Waals surface area contributed by atoms with Gasteiger partial charge in [-0.15, -0.1) is 0 Å². The normalized spacial score (nSPS) is 12.3. The van der Waals surface area contributed by atoms with Gasteiger partial charge >= 0.3 is 0 Å². The van der Waals surface area contributed by atoms with Crippen LogP contribution in [0.15, 0.2) is 54.7 Å². The van der Waals surface area contributed by atoms with Crippen molar-refractivity contribution in [2.24, 2.45) is 0 Å². The first-order chi connectivity index (χ1) is 17.1. The fourth-order valence-electron chi connectivity index (χ4n) is 4.40. The Morgan fingerprint density at radius 3 is 2.47 bits per heavy atom. The Bertz CT molecular complexity index is 1350. The van der Waals surface area contributed by atoms with Crippen molar-refractivity contribution >= 4 is 28.1 Å². The van der Waals surface area contributed by atoms with Crippen molar-refractivity contribution in [2.75, 3.05) is 6.61 Å². The smallest absolute Gasteiger partial charge is 0.290 e. The molecule has 4 aromatic rings. The lowest BCUT2D eigenvalue weighted by molar-refractivity contribution is -0.122. The molecule has 190 valence electrons. The Balaban J connectivity index is 0.000000310. The molecular weight excluding hydrogens is 464 g/mol. The molecule has 1 aliphatic heterocycles. The average Bonchev–Trinajstić information content (AvgIpc) is 2.84. The summed E-state index contributed by atoms with van der Waals surface area (Å²) in [4.78, 5) is 13.2. The standard InChI is InChI=1S/C24H21NO.C4H8F2O.CH2O2/c1-3-18-15(2)14-17-6-4-5-7-19(17)23(18)20-8-9-21-22-16(11-13-26-21)10-12-25-24(20)22;1-4(2,7)3(5)6;2-1-3/h4-10,12,14H,3,11,13H2,1-2H3;3,7H,1-2H3;1H,(H,2,3).